The Labute approximate surface area is 167 Å². The fourth-order valence-corrected chi connectivity index (χ4v) is 9.02. The van der Waals surface area contributed by atoms with Crippen LogP contribution in [-0.4, -0.2) is 8.07 Å². The van der Waals surface area contributed by atoms with E-state index in [0.29, 0.717) is 0 Å². The number of fused-ring (bicyclic) bond motifs is 9. The van der Waals surface area contributed by atoms with E-state index < -0.39 is 8.07 Å². The fraction of sp³-hybridized carbons (Fsp3) is 0.111. The Balaban J connectivity index is 1.89. The maximum absolute atomic E-state index is 2.50. The predicted molar refractivity (Wildman–Crippen MR) is 120 cm³/mol. The van der Waals surface area contributed by atoms with E-state index in [1.165, 1.54) is 33.4 Å². The molecule has 1 heterocycles. The summed E-state index contributed by atoms with van der Waals surface area (Å²) < 4.78 is 0. The van der Waals surface area contributed by atoms with Gasteiger partial charge in [-0.05, 0) is 43.8 Å². The minimum absolute atomic E-state index is 0.205. The Bertz CT molecular complexity index is 1150. The SMILES string of the molecule is C[Si]1(C)c2ccccc2C2(c3ccccc3-c3ccccc32)c2ccccc21. The Hall–Kier alpha value is -2.90. The average molecular weight is 375 g/mol. The quantitative estimate of drug-likeness (QED) is 0.327. The predicted octanol–water partition coefficient (Wildman–Crippen LogP) is 5.19. The second kappa shape index (κ2) is 5.33. The second-order valence-corrected chi connectivity index (χ2v) is 12.9. The highest BCUT2D eigenvalue weighted by atomic mass is 28.3. The highest BCUT2D eigenvalue weighted by Crippen LogP contribution is 2.56. The maximum Gasteiger partial charge on any atom is 0.113 e. The van der Waals surface area contributed by atoms with Crippen LogP contribution in [0.15, 0.2) is 97.1 Å². The van der Waals surface area contributed by atoms with Gasteiger partial charge in [-0.25, -0.2) is 0 Å². The van der Waals surface area contributed by atoms with Gasteiger partial charge in [0.1, 0.15) is 8.07 Å². The van der Waals surface area contributed by atoms with E-state index in [4.69, 9.17) is 0 Å². The van der Waals surface area contributed by atoms with Crippen molar-refractivity contribution in [2.45, 2.75) is 18.5 Å². The van der Waals surface area contributed by atoms with Crippen LogP contribution in [0.3, 0.4) is 0 Å². The van der Waals surface area contributed by atoms with Crippen molar-refractivity contribution in [3.8, 4) is 11.1 Å². The summed E-state index contributed by atoms with van der Waals surface area (Å²) in [6, 6.07) is 36.5. The molecule has 0 aromatic heterocycles. The molecule has 0 atom stereocenters. The highest BCUT2D eigenvalue weighted by molar-refractivity contribution is 7.01. The van der Waals surface area contributed by atoms with Crippen molar-refractivity contribution < 1.29 is 0 Å². The Morgan fingerprint density at radius 1 is 0.464 bits per heavy atom. The van der Waals surface area contributed by atoms with Gasteiger partial charge in [0.15, 0.2) is 0 Å². The summed E-state index contributed by atoms with van der Waals surface area (Å²) in [5.74, 6) is 0. The van der Waals surface area contributed by atoms with Gasteiger partial charge in [0.25, 0.3) is 0 Å². The van der Waals surface area contributed by atoms with Crippen LogP contribution in [0.2, 0.25) is 13.1 Å². The molecule has 0 amide bonds. The number of benzene rings is 4. The molecule has 0 nitrogen and oxygen atoms in total. The monoisotopic (exact) mass is 374 g/mol. The van der Waals surface area contributed by atoms with E-state index in [1.54, 1.807) is 10.4 Å². The third kappa shape index (κ3) is 1.71. The van der Waals surface area contributed by atoms with Crippen LogP contribution in [0, 0.1) is 0 Å². The van der Waals surface area contributed by atoms with Crippen molar-refractivity contribution >= 4 is 18.4 Å². The summed E-state index contributed by atoms with van der Waals surface area (Å²) in [4.78, 5) is 0. The number of hydrogen-bond acceptors (Lipinski definition) is 0. The fourth-order valence-electron chi connectivity index (χ4n) is 5.82. The number of rotatable bonds is 0. The van der Waals surface area contributed by atoms with Crippen LogP contribution < -0.4 is 10.4 Å². The van der Waals surface area contributed by atoms with Crippen LogP contribution in [0.5, 0.6) is 0 Å². The molecule has 2 aliphatic rings. The van der Waals surface area contributed by atoms with E-state index in [2.05, 4.69) is 110 Å². The van der Waals surface area contributed by atoms with Gasteiger partial charge in [0.05, 0.1) is 5.41 Å². The zero-order valence-electron chi connectivity index (χ0n) is 16.2. The molecular formula is C27H22Si. The summed E-state index contributed by atoms with van der Waals surface area (Å²) in [6.07, 6.45) is 0. The highest BCUT2D eigenvalue weighted by Gasteiger charge is 2.53. The summed E-state index contributed by atoms with van der Waals surface area (Å²) in [6.45, 7) is 5.01. The van der Waals surface area contributed by atoms with Crippen molar-refractivity contribution in [1.29, 1.82) is 0 Å². The minimum Gasteiger partial charge on any atom is -0.0623 e. The summed E-state index contributed by atoms with van der Waals surface area (Å²) >= 11 is 0. The molecule has 0 bridgehead atoms. The van der Waals surface area contributed by atoms with Crippen molar-refractivity contribution in [1.82, 2.24) is 0 Å². The first kappa shape index (κ1) is 16.1. The first-order chi connectivity index (χ1) is 13.7. The number of hydrogen-bond donors (Lipinski definition) is 0. The second-order valence-electron chi connectivity index (χ2n) is 8.56. The molecule has 4 aromatic rings. The van der Waals surface area contributed by atoms with E-state index in [1.807, 2.05) is 0 Å². The summed E-state index contributed by atoms with van der Waals surface area (Å²) in [5.41, 5.74) is 8.39. The molecule has 1 aliphatic carbocycles. The van der Waals surface area contributed by atoms with Crippen LogP contribution in [0.25, 0.3) is 11.1 Å². The van der Waals surface area contributed by atoms with Gasteiger partial charge < -0.3 is 0 Å². The van der Waals surface area contributed by atoms with E-state index >= 15 is 0 Å². The molecule has 28 heavy (non-hydrogen) atoms. The Kier molecular flexibility index (Phi) is 3.06. The molecule has 0 saturated carbocycles. The summed E-state index contributed by atoms with van der Waals surface area (Å²) in [7, 11) is -1.77. The molecule has 0 unspecified atom stereocenters. The molecule has 4 aromatic carbocycles. The molecule has 6 rings (SSSR count). The van der Waals surface area contributed by atoms with Gasteiger partial charge in [-0.2, -0.15) is 0 Å². The van der Waals surface area contributed by atoms with Crippen LogP contribution >= 0.6 is 0 Å². The van der Waals surface area contributed by atoms with Crippen LogP contribution in [0.1, 0.15) is 22.3 Å². The van der Waals surface area contributed by atoms with Gasteiger partial charge in [0, 0.05) is 0 Å². The lowest BCUT2D eigenvalue weighted by Crippen LogP contribution is -2.63. The van der Waals surface area contributed by atoms with Gasteiger partial charge in [0.2, 0.25) is 0 Å². The Morgan fingerprint density at radius 2 is 0.821 bits per heavy atom. The van der Waals surface area contributed by atoms with E-state index in [-0.39, 0.29) is 5.41 Å². The lowest BCUT2D eigenvalue weighted by Gasteiger charge is -2.45. The van der Waals surface area contributed by atoms with Crippen LogP contribution in [0.4, 0.5) is 0 Å². The topological polar surface area (TPSA) is 0 Å². The lowest BCUT2D eigenvalue weighted by molar-refractivity contribution is 0.773. The molecule has 1 spiro atoms. The van der Waals surface area contributed by atoms with Crippen molar-refractivity contribution in [2.75, 3.05) is 0 Å². The first-order valence-electron chi connectivity index (χ1n) is 10.1. The third-order valence-electron chi connectivity index (χ3n) is 6.96. The van der Waals surface area contributed by atoms with E-state index in [9.17, 15) is 0 Å². The maximum atomic E-state index is 2.50. The normalized spacial score (nSPS) is 16.8. The molecule has 1 aliphatic heterocycles. The van der Waals surface area contributed by atoms with Gasteiger partial charge in [-0.3, -0.25) is 0 Å². The molecule has 0 radical (unpaired) electrons. The lowest BCUT2D eigenvalue weighted by atomic mass is 9.67. The van der Waals surface area contributed by atoms with Crippen molar-refractivity contribution in [3.05, 3.63) is 119 Å². The van der Waals surface area contributed by atoms with Gasteiger partial charge in [-0.1, -0.05) is 110 Å². The standard InChI is InChI=1S/C27H22Si/c1-28(2)25-17-9-7-15-23(25)27(24-16-8-10-18-26(24)28)21-13-5-3-11-19(21)20-12-4-6-14-22(20)27/h3-18H,1-2H3. The van der Waals surface area contributed by atoms with Gasteiger partial charge >= 0.3 is 0 Å². The van der Waals surface area contributed by atoms with E-state index in [0.717, 1.165) is 0 Å². The van der Waals surface area contributed by atoms with Crippen molar-refractivity contribution in [3.63, 3.8) is 0 Å². The zero-order valence-corrected chi connectivity index (χ0v) is 17.2. The molecule has 0 N–H and O–H groups in total. The Morgan fingerprint density at radius 3 is 1.29 bits per heavy atom. The first-order valence-corrected chi connectivity index (χ1v) is 13.1. The molecular weight excluding hydrogens is 352 g/mol. The minimum atomic E-state index is -1.77. The summed E-state index contributed by atoms with van der Waals surface area (Å²) in [5, 5.41) is 3.14. The third-order valence-corrected chi connectivity index (χ3v) is 10.5. The largest absolute Gasteiger partial charge is 0.113 e. The smallest absolute Gasteiger partial charge is 0.0623 e. The van der Waals surface area contributed by atoms with Crippen molar-refractivity contribution in [2.24, 2.45) is 0 Å². The molecule has 1 heteroatoms. The average Bonchev–Trinajstić information content (AvgIpc) is 3.04. The van der Waals surface area contributed by atoms with Crippen LogP contribution in [-0.2, 0) is 5.41 Å². The zero-order chi connectivity index (χ0) is 18.9. The molecule has 0 saturated heterocycles. The van der Waals surface area contributed by atoms with Gasteiger partial charge in [-0.15, -0.1) is 0 Å². The molecule has 134 valence electrons. The molecule has 0 fully saturated rings.